The van der Waals surface area contributed by atoms with Crippen LogP contribution in [0, 0.1) is 5.92 Å². The molecule has 1 saturated heterocycles. The monoisotopic (exact) mass is 416 g/mol. The first-order valence-electron chi connectivity index (χ1n) is 10.0. The number of rotatable bonds is 7. The highest BCUT2D eigenvalue weighted by Gasteiger charge is 2.27. The first kappa shape index (κ1) is 21.3. The number of benzene rings is 2. The zero-order valence-electron chi connectivity index (χ0n) is 16.9. The molecule has 6 nitrogen and oxygen atoms in total. The molecule has 7 heteroatoms. The molecule has 3 rings (SSSR count). The zero-order valence-corrected chi connectivity index (χ0v) is 17.7. The number of carbonyl (C=O) groups is 1. The molecule has 2 aromatic rings. The van der Waals surface area contributed by atoms with Crippen molar-refractivity contribution in [2.45, 2.75) is 38.0 Å². The summed E-state index contributed by atoms with van der Waals surface area (Å²) < 4.78 is 32.5. The van der Waals surface area contributed by atoms with E-state index in [9.17, 15) is 13.2 Å². The van der Waals surface area contributed by atoms with E-state index in [1.165, 1.54) is 22.0 Å². The average Bonchev–Trinajstić information content (AvgIpc) is 2.73. The van der Waals surface area contributed by atoms with E-state index in [0.717, 1.165) is 19.3 Å². The van der Waals surface area contributed by atoms with Crippen LogP contribution in [0.1, 0.15) is 32.3 Å². The Balaban J connectivity index is 1.54. The van der Waals surface area contributed by atoms with Crippen molar-refractivity contribution in [2.75, 3.05) is 25.0 Å². The number of nitrogens with one attached hydrogen (secondary N) is 1. The lowest BCUT2D eigenvalue weighted by molar-refractivity contribution is -0.118. The van der Waals surface area contributed by atoms with Crippen molar-refractivity contribution in [3.63, 3.8) is 0 Å². The molecular formula is C22H28N2O4S. The van der Waals surface area contributed by atoms with E-state index in [1.807, 2.05) is 24.3 Å². The van der Waals surface area contributed by atoms with Gasteiger partial charge >= 0.3 is 0 Å². The number of hydrogen-bond acceptors (Lipinski definition) is 4. The molecule has 1 aliphatic rings. The predicted molar refractivity (Wildman–Crippen MR) is 114 cm³/mol. The maximum Gasteiger partial charge on any atom is 0.262 e. The van der Waals surface area contributed by atoms with Crippen LogP contribution >= 0.6 is 0 Å². The van der Waals surface area contributed by atoms with Crippen molar-refractivity contribution < 1.29 is 17.9 Å². The molecule has 0 bridgehead atoms. The van der Waals surface area contributed by atoms with Gasteiger partial charge in [-0.3, -0.25) is 4.79 Å². The number of amides is 1. The smallest absolute Gasteiger partial charge is 0.262 e. The number of hydrogen-bond donors (Lipinski definition) is 1. The van der Waals surface area contributed by atoms with E-state index < -0.39 is 10.0 Å². The van der Waals surface area contributed by atoms with E-state index in [0.29, 0.717) is 30.4 Å². The Hall–Kier alpha value is -2.38. The fourth-order valence-electron chi connectivity index (χ4n) is 3.25. The Morgan fingerprint density at radius 1 is 1.07 bits per heavy atom. The molecule has 0 aliphatic carbocycles. The van der Waals surface area contributed by atoms with E-state index in [2.05, 4.69) is 19.2 Å². The van der Waals surface area contributed by atoms with Gasteiger partial charge in [0.1, 0.15) is 5.75 Å². The van der Waals surface area contributed by atoms with E-state index in [-0.39, 0.29) is 17.4 Å². The number of anilines is 1. The molecule has 1 fully saturated rings. The lowest BCUT2D eigenvalue weighted by Gasteiger charge is -2.29. The van der Waals surface area contributed by atoms with Crippen LogP contribution in [0.3, 0.4) is 0 Å². The van der Waals surface area contributed by atoms with Gasteiger partial charge in [-0.05, 0) is 67.1 Å². The SMILES string of the molecule is CCc1ccc(OCC(=O)Nc2ccc(S(=O)(=O)N3CCC(C)CC3)cc2)cc1. The molecule has 0 unspecified atom stereocenters. The number of carbonyl (C=O) groups excluding carboxylic acids is 1. The van der Waals surface area contributed by atoms with Gasteiger partial charge in [0.05, 0.1) is 4.90 Å². The summed E-state index contributed by atoms with van der Waals surface area (Å²) in [5.41, 5.74) is 1.74. The molecule has 156 valence electrons. The lowest BCUT2D eigenvalue weighted by Crippen LogP contribution is -2.37. The van der Waals surface area contributed by atoms with Crippen molar-refractivity contribution in [1.29, 1.82) is 0 Å². The minimum absolute atomic E-state index is 0.114. The molecule has 0 radical (unpaired) electrons. The Morgan fingerprint density at radius 2 is 1.69 bits per heavy atom. The summed E-state index contributed by atoms with van der Waals surface area (Å²) in [4.78, 5) is 12.4. The molecule has 0 saturated carbocycles. The summed E-state index contributed by atoms with van der Waals surface area (Å²) in [6.45, 7) is 5.22. The maximum atomic E-state index is 12.8. The van der Waals surface area contributed by atoms with Crippen LogP contribution in [0.2, 0.25) is 0 Å². The molecule has 1 N–H and O–H groups in total. The second-order valence-electron chi connectivity index (χ2n) is 7.45. The highest BCUT2D eigenvalue weighted by atomic mass is 32.2. The fraction of sp³-hybridized carbons (Fsp3) is 0.409. The first-order chi connectivity index (χ1) is 13.9. The third-order valence-corrected chi connectivity index (χ3v) is 7.13. The quantitative estimate of drug-likeness (QED) is 0.747. The topological polar surface area (TPSA) is 75.7 Å². The van der Waals surface area contributed by atoms with Crippen LogP contribution in [0.15, 0.2) is 53.4 Å². The normalized spacial score (nSPS) is 15.8. The molecule has 1 aliphatic heterocycles. The Kier molecular flexibility index (Phi) is 6.92. The van der Waals surface area contributed by atoms with E-state index >= 15 is 0 Å². The number of piperidine rings is 1. The van der Waals surface area contributed by atoms with Crippen LogP contribution in [0.25, 0.3) is 0 Å². The summed E-state index contributed by atoms with van der Waals surface area (Å²) in [7, 11) is -3.49. The molecule has 0 aromatic heterocycles. The van der Waals surface area contributed by atoms with Gasteiger partial charge in [-0.1, -0.05) is 26.0 Å². The molecular weight excluding hydrogens is 388 g/mol. The maximum absolute atomic E-state index is 12.8. The van der Waals surface area contributed by atoms with E-state index in [4.69, 9.17) is 4.74 Å². The van der Waals surface area contributed by atoms with Crippen molar-refractivity contribution in [1.82, 2.24) is 4.31 Å². The standard InChI is InChI=1S/C22H28N2O4S/c1-3-18-4-8-20(9-5-18)28-16-22(25)23-19-6-10-21(11-7-19)29(26,27)24-14-12-17(2)13-15-24/h4-11,17H,3,12-16H2,1-2H3,(H,23,25). The minimum Gasteiger partial charge on any atom is -0.484 e. The summed E-state index contributed by atoms with van der Waals surface area (Å²) in [5.74, 6) is 0.894. The number of nitrogens with zero attached hydrogens (tertiary/aromatic N) is 1. The zero-order chi connectivity index (χ0) is 20.9. The van der Waals surface area contributed by atoms with Crippen LogP contribution < -0.4 is 10.1 Å². The van der Waals surface area contributed by atoms with Gasteiger partial charge in [0.15, 0.2) is 6.61 Å². The first-order valence-corrected chi connectivity index (χ1v) is 11.4. The van der Waals surface area contributed by atoms with Crippen molar-refractivity contribution in [3.05, 3.63) is 54.1 Å². The van der Waals surface area contributed by atoms with Crippen LogP contribution in [0.5, 0.6) is 5.75 Å². The summed E-state index contributed by atoms with van der Waals surface area (Å²) in [5, 5.41) is 2.73. The van der Waals surface area contributed by atoms with Gasteiger partial charge in [-0.2, -0.15) is 4.31 Å². The van der Waals surface area contributed by atoms with Gasteiger partial charge in [-0.25, -0.2) is 8.42 Å². The molecule has 1 heterocycles. The fourth-order valence-corrected chi connectivity index (χ4v) is 4.72. The Labute approximate surface area is 172 Å². The average molecular weight is 417 g/mol. The van der Waals surface area contributed by atoms with Crippen molar-refractivity contribution in [3.8, 4) is 5.75 Å². The second kappa shape index (κ2) is 9.41. The third kappa shape index (κ3) is 5.58. The minimum atomic E-state index is -3.49. The van der Waals surface area contributed by atoms with Gasteiger partial charge < -0.3 is 10.1 Å². The summed E-state index contributed by atoms with van der Waals surface area (Å²) >= 11 is 0. The molecule has 0 spiro atoms. The Bertz CT molecular complexity index is 916. The van der Waals surface area contributed by atoms with Crippen LogP contribution in [-0.2, 0) is 21.2 Å². The number of aryl methyl sites for hydroxylation is 1. The second-order valence-corrected chi connectivity index (χ2v) is 9.38. The van der Waals surface area contributed by atoms with Crippen molar-refractivity contribution >= 4 is 21.6 Å². The van der Waals surface area contributed by atoms with Crippen LogP contribution in [-0.4, -0.2) is 38.3 Å². The highest BCUT2D eigenvalue weighted by Crippen LogP contribution is 2.24. The van der Waals surface area contributed by atoms with Crippen LogP contribution in [0.4, 0.5) is 5.69 Å². The number of ether oxygens (including phenoxy) is 1. The Morgan fingerprint density at radius 3 is 2.28 bits per heavy atom. The van der Waals surface area contributed by atoms with Gasteiger partial charge in [0, 0.05) is 18.8 Å². The lowest BCUT2D eigenvalue weighted by atomic mass is 10.0. The third-order valence-electron chi connectivity index (χ3n) is 5.22. The molecule has 1 amide bonds. The largest absolute Gasteiger partial charge is 0.484 e. The van der Waals surface area contributed by atoms with Crippen molar-refractivity contribution in [2.24, 2.45) is 5.92 Å². The van der Waals surface area contributed by atoms with Gasteiger partial charge in [0.25, 0.3) is 5.91 Å². The predicted octanol–water partition coefficient (Wildman–Crippen LogP) is 3.69. The van der Waals surface area contributed by atoms with Gasteiger partial charge in [-0.15, -0.1) is 0 Å². The molecule has 2 aromatic carbocycles. The molecule has 0 atom stereocenters. The van der Waals surface area contributed by atoms with E-state index in [1.54, 1.807) is 12.1 Å². The molecule has 29 heavy (non-hydrogen) atoms. The summed E-state index contributed by atoms with van der Waals surface area (Å²) in [6.07, 6.45) is 2.71. The summed E-state index contributed by atoms with van der Waals surface area (Å²) in [6, 6.07) is 13.9. The highest BCUT2D eigenvalue weighted by molar-refractivity contribution is 7.89. The van der Waals surface area contributed by atoms with Gasteiger partial charge in [0.2, 0.25) is 10.0 Å². The number of sulfonamides is 1.